The number of carbonyl (C=O) groups excluding carboxylic acids is 2. The maximum atomic E-state index is 13.0. The number of hydrogen-bond acceptors (Lipinski definition) is 3. The summed E-state index contributed by atoms with van der Waals surface area (Å²) in [7, 11) is 0. The molecule has 2 aromatic carbocycles. The third kappa shape index (κ3) is 5.81. The molecule has 0 aliphatic heterocycles. The molecule has 0 aliphatic carbocycles. The van der Waals surface area contributed by atoms with Gasteiger partial charge < -0.3 is 15.7 Å². The standard InChI is InChI=1S/C18H19FN2O3/c19-15-3-1-2-14(10-15)11-17(23)20-12-18(24)21-16-6-4-13(5-7-16)8-9-22/h1-7,10,22H,8-9,11-12H2,(H,20,23)(H,21,24). The minimum atomic E-state index is -0.400. The molecule has 0 saturated heterocycles. The minimum absolute atomic E-state index is 0.0148. The van der Waals surface area contributed by atoms with Crippen LogP contribution in [-0.4, -0.2) is 30.1 Å². The number of rotatable bonds is 7. The maximum absolute atomic E-state index is 13.0. The number of carbonyl (C=O) groups is 2. The molecule has 5 nitrogen and oxygen atoms in total. The number of halogens is 1. The van der Waals surface area contributed by atoms with E-state index in [9.17, 15) is 14.0 Å². The van der Waals surface area contributed by atoms with Gasteiger partial charge in [-0.1, -0.05) is 24.3 Å². The summed E-state index contributed by atoms with van der Waals surface area (Å²) in [5, 5.41) is 14.0. The van der Waals surface area contributed by atoms with Crippen molar-refractivity contribution in [3.05, 3.63) is 65.5 Å². The monoisotopic (exact) mass is 330 g/mol. The van der Waals surface area contributed by atoms with Crippen molar-refractivity contribution in [2.24, 2.45) is 0 Å². The summed E-state index contributed by atoms with van der Waals surface area (Å²) in [5.41, 5.74) is 2.13. The summed E-state index contributed by atoms with van der Waals surface area (Å²) in [6.45, 7) is -0.0877. The van der Waals surface area contributed by atoms with E-state index < -0.39 is 5.82 Å². The Bertz CT molecular complexity index is 702. The predicted molar refractivity (Wildman–Crippen MR) is 89.0 cm³/mol. The first kappa shape index (κ1) is 17.6. The number of anilines is 1. The van der Waals surface area contributed by atoms with Gasteiger partial charge in [-0.15, -0.1) is 0 Å². The van der Waals surface area contributed by atoms with Crippen LogP contribution >= 0.6 is 0 Å². The van der Waals surface area contributed by atoms with Gasteiger partial charge in [0.2, 0.25) is 11.8 Å². The van der Waals surface area contributed by atoms with E-state index in [1.165, 1.54) is 18.2 Å². The summed E-state index contributed by atoms with van der Waals surface area (Å²) in [6, 6.07) is 12.9. The maximum Gasteiger partial charge on any atom is 0.243 e. The van der Waals surface area contributed by atoms with Gasteiger partial charge in [0, 0.05) is 12.3 Å². The van der Waals surface area contributed by atoms with Gasteiger partial charge in [-0.2, -0.15) is 0 Å². The molecule has 0 saturated carbocycles. The number of amides is 2. The lowest BCUT2D eigenvalue weighted by Crippen LogP contribution is -2.33. The SMILES string of the molecule is O=C(Cc1cccc(F)c1)NCC(=O)Nc1ccc(CCO)cc1. The molecule has 0 radical (unpaired) electrons. The fourth-order valence-corrected chi connectivity index (χ4v) is 2.16. The highest BCUT2D eigenvalue weighted by Crippen LogP contribution is 2.09. The van der Waals surface area contributed by atoms with Crippen molar-refractivity contribution >= 4 is 17.5 Å². The van der Waals surface area contributed by atoms with Gasteiger partial charge in [-0.25, -0.2) is 4.39 Å². The second-order valence-corrected chi connectivity index (χ2v) is 5.30. The smallest absolute Gasteiger partial charge is 0.243 e. The van der Waals surface area contributed by atoms with E-state index >= 15 is 0 Å². The van der Waals surface area contributed by atoms with E-state index in [4.69, 9.17) is 5.11 Å². The molecule has 0 unspecified atom stereocenters. The van der Waals surface area contributed by atoms with Crippen molar-refractivity contribution < 1.29 is 19.1 Å². The van der Waals surface area contributed by atoms with Gasteiger partial charge in [0.25, 0.3) is 0 Å². The van der Waals surface area contributed by atoms with Crippen LogP contribution in [0.3, 0.4) is 0 Å². The van der Waals surface area contributed by atoms with Crippen LogP contribution in [0.2, 0.25) is 0 Å². The number of benzene rings is 2. The number of hydrogen-bond donors (Lipinski definition) is 3. The van der Waals surface area contributed by atoms with Crippen molar-refractivity contribution in [1.29, 1.82) is 0 Å². The van der Waals surface area contributed by atoms with Gasteiger partial charge in [0.05, 0.1) is 13.0 Å². The molecule has 2 amide bonds. The van der Waals surface area contributed by atoms with Gasteiger partial charge in [0.15, 0.2) is 0 Å². The molecular formula is C18H19FN2O3. The molecule has 6 heteroatoms. The Morgan fingerprint density at radius 1 is 1.00 bits per heavy atom. The molecule has 0 fully saturated rings. The Kier molecular flexibility index (Phi) is 6.45. The Balaban J connectivity index is 1.77. The van der Waals surface area contributed by atoms with E-state index in [0.717, 1.165) is 5.56 Å². The van der Waals surface area contributed by atoms with Crippen LogP contribution < -0.4 is 10.6 Å². The normalized spacial score (nSPS) is 10.2. The molecule has 0 heterocycles. The zero-order valence-electron chi connectivity index (χ0n) is 13.1. The third-order valence-corrected chi connectivity index (χ3v) is 3.34. The van der Waals surface area contributed by atoms with Crippen LogP contribution in [0.25, 0.3) is 0 Å². The minimum Gasteiger partial charge on any atom is -0.396 e. The first-order valence-corrected chi connectivity index (χ1v) is 7.57. The molecular weight excluding hydrogens is 311 g/mol. The summed E-state index contributed by atoms with van der Waals surface area (Å²) in [4.78, 5) is 23.6. The van der Waals surface area contributed by atoms with Crippen LogP contribution in [0.4, 0.5) is 10.1 Å². The molecule has 0 aromatic heterocycles. The van der Waals surface area contributed by atoms with Crippen LogP contribution in [0.15, 0.2) is 48.5 Å². The highest BCUT2D eigenvalue weighted by Gasteiger charge is 2.07. The third-order valence-electron chi connectivity index (χ3n) is 3.34. The molecule has 2 aromatic rings. The fraction of sp³-hybridized carbons (Fsp3) is 0.222. The Morgan fingerprint density at radius 3 is 2.42 bits per heavy atom. The summed E-state index contributed by atoms with van der Waals surface area (Å²) in [6.07, 6.45) is 0.575. The summed E-state index contributed by atoms with van der Waals surface area (Å²) < 4.78 is 13.0. The molecule has 3 N–H and O–H groups in total. The molecule has 24 heavy (non-hydrogen) atoms. The van der Waals surface area contributed by atoms with Gasteiger partial charge in [-0.3, -0.25) is 9.59 Å². The van der Waals surface area contributed by atoms with Crippen molar-refractivity contribution in [3.8, 4) is 0 Å². The molecule has 0 bridgehead atoms. The van der Waals surface area contributed by atoms with Crippen LogP contribution in [0.1, 0.15) is 11.1 Å². The highest BCUT2D eigenvalue weighted by molar-refractivity contribution is 5.94. The van der Waals surface area contributed by atoms with E-state index in [1.54, 1.807) is 18.2 Å². The second-order valence-electron chi connectivity index (χ2n) is 5.30. The number of aliphatic hydroxyl groups excluding tert-OH is 1. The first-order valence-electron chi connectivity index (χ1n) is 7.57. The van der Waals surface area contributed by atoms with E-state index in [1.807, 2.05) is 12.1 Å². The lowest BCUT2D eigenvalue weighted by atomic mass is 10.1. The van der Waals surface area contributed by atoms with Gasteiger partial charge in [0.1, 0.15) is 5.82 Å². The molecule has 2 rings (SSSR count). The average Bonchev–Trinajstić information content (AvgIpc) is 2.55. The predicted octanol–water partition coefficient (Wildman–Crippen LogP) is 1.66. The van der Waals surface area contributed by atoms with E-state index in [-0.39, 0.29) is 31.4 Å². The molecule has 0 atom stereocenters. The van der Waals surface area contributed by atoms with Crippen molar-refractivity contribution in [3.63, 3.8) is 0 Å². The zero-order chi connectivity index (χ0) is 17.4. The first-order chi connectivity index (χ1) is 11.6. The lowest BCUT2D eigenvalue weighted by molar-refractivity contribution is -0.123. The van der Waals surface area contributed by atoms with Gasteiger partial charge >= 0.3 is 0 Å². The van der Waals surface area contributed by atoms with Crippen LogP contribution in [0, 0.1) is 5.82 Å². The number of aliphatic hydroxyl groups is 1. The van der Waals surface area contributed by atoms with Crippen LogP contribution in [0.5, 0.6) is 0 Å². The van der Waals surface area contributed by atoms with Crippen molar-refractivity contribution in [1.82, 2.24) is 5.32 Å². The summed E-state index contributed by atoms with van der Waals surface area (Å²) >= 11 is 0. The summed E-state index contributed by atoms with van der Waals surface area (Å²) in [5.74, 6) is -1.10. The molecule has 126 valence electrons. The topological polar surface area (TPSA) is 78.4 Å². The van der Waals surface area contributed by atoms with E-state index in [0.29, 0.717) is 17.7 Å². The Hall–Kier alpha value is -2.73. The van der Waals surface area contributed by atoms with Crippen LogP contribution in [-0.2, 0) is 22.4 Å². The second kappa shape index (κ2) is 8.79. The average molecular weight is 330 g/mol. The largest absolute Gasteiger partial charge is 0.396 e. The number of nitrogens with one attached hydrogen (secondary N) is 2. The highest BCUT2D eigenvalue weighted by atomic mass is 19.1. The molecule has 0 spiro atoms. The van der Waals surface area contributed by atoms with E-state index in [2.05, 4.69) is 10.6 Å². The molecule has 0 aliphatic rings. The lowest BCUT2D eigenvalue weighted by Gasteiger charge is -2.08. The Labute approximate surface area is 139 Å². The van der Waals surface area contributed by atoms with Gasteiger partial charge in [-0.05, 0) is 41.8 Å². The van der Waals surface area contributed by atoms with Crippen molar-refractivity contribution in [2.45, 2.75) is 12.8 Å². The van der Waals surface area contributed by atoms with Crippen molar-refractivity contribution in [2.75, 3.05) is 18.5 Å². The zero-order valence-corrected chi connectivity index (χ0v) is 13.1. The Morgan fingerprint density at radius 2 is 1.75 bits per heavy atom. The fourth-order valence-electron chi connectivity index (χ4n) is 2.16. The quantitative estimate of drug-likeness (QED) is 0.722.